The third-order valence-corrected chi connectivity index (χ3v) is 2.56. The Bertz CT molecular complexity index is 323. The number of anilines is 1. The van der Waals surface area contributed by atoms with E-state index in [0.717, 1.165) is 13.0 Å². The summed E-state index contributed by atoms with van der Waals surface area (Å²) in [5.74, 6) is 0. The third-order valence-electron chi connectivity index (χ3n) is 2.56. The van der Waals surface area contributed by atoms with Crippen molar-refractivity contribution in [2.24, 2.45) is 5.73 Å². The van der Waals surface area contributed by atoms with Crippen molar-refractivity contribution in [3.05, 3.63) is 29.3 Å². The Balaban J connectivity index is 2.54. The van der Waals surface area contributed by atoms with Crippen LogP contribution in [0.5, 0.6) is 0 Å². The van der Waals surface area contributed by atoms with E-state index < -0.39 is 0 Å². The maximum absolute atomic E-state index is 6.10. The molecule has 0 aliphatic carbocycles. The van der Waals surface area contributed by atoms with Crippen LogP contribution in [0, 0.1) is 0 Å². The first-order valence-electron chi connectivity index (χ1n) is 4.74. The molecular weight excluding hydrogens is 160 g/mol. The van der Waals surface area contributed by atoms with Crippen molar-refractivity contribution >= 4 is 5.69 Å². The van der Waals surface area contributed by atoms with Gasteiger partial charge in [-0.05, 0) is 37.5 Å². The van der Waals surface area contributed by atoms with Gasteiger partial charge in [-0.15, -0.1) is 0 Å². The summed E-state index contributed by atoms with van der Waals surface area (Å²) in [6.45, 7) is 5.16. The van der Waals surface area contributed by atoms with Gasteiger partial charge in [-0.25, -0.2) is 0 Å². The Hall–Kier alpha value is -1.02. The Morgan fingerprint density at radius 3 is 2.85 bits per heavy atom. The largest absolute Gasteiger partial charge is 0.384 e. The summed E-state index contributed by atoms with van der Waals surface area (Å²) < 4.78 is 0. The van der Waals surface area contributed by atoms with Crippen LogP contribution in [0.4, 0.5) is 5.69 Å². The van der Waals surface area contributed by atoms with Gasteiger partial charge in [0.2, 0.25) is 0 Å². The molecule has 70 valence electrons. The first-order valence-corrected chi connectivity index (χ1v) is 4.74. The van der Waals surface area contributed by atoms with E-state index in [4.69, 9.17) is 5.73 Å². The summed E-state index contributed by atoms with van der Waals surface area (Å²) in [4.78, 5) is 0. The Morgan fingerprint density at radius 2 is 2.15 bits per heavy atom. The fourth-order valence-electron chi connectivity index (χ4n) is 1.95. The minimum atomic E-state index is -0.225. The van der Waals surface area contributed by atoms with Gasteiger partial charge in [0.15, 0.2) is 0 Å². The lowest BCUT2D eigenvalue weighted by Crippen LogP contribution is -2.29. The quantitative estimate of drug-likeness (QED) is 0.685. The van der Waals surface area contributed by atoms with Crippen LogP contribution in [-0.4, -0.2) is 6.54 Å². The van der Waals surface area contributed by atoms with Crippen LogP contribution in [0.2, 0.25) is 0 Å². The van der Waals surface area contributed by atoms with Crippen molar-refractivity contribution in [2.45, 2.75) is 25.8 Å². The summed E-state index contributed by atoms with van der Waals surface area (Å²) in [5, 5.41) is 3.36. The van der Waals surface area contributed by atoms with Crippen LogP contribution in [0.15, 0.2) is 18.2 Å². The molecule has 2 nitrogen and oxygen atoms in total. The third kappa shape index (κ3) is 1.42. The number of benzene rings is 1. The maximum atomic E-state index is 6.10. The highest BCUT2D eigenvalue weighted by Gasteiger charge is 2.22. The van der Waals surface area contributed by atoms with E-state index in [1.165, 1.54) is 16.8 Å². The summed E-state index contributed by atoms with van der Waals surface area (Å²) in [6.07, 6.45) is 1.10. The highest BCUT2D eigenvalue weighted by Crippen LogP contribution is 2.30. The molecule has 0 saturated heterocycles. The van der Waals surface area contributed by atoms with E-state index in [1.54, 1.807) is 0 Å². The van der Waals surface area contributed by atoms with Crippen molar-refractivity contribution < 1.29 is 0 Å². The van der Waals surface area contributed by atoms with Crippen molar-refractivity contribution in [1.82, 2.24) is 0 Å². The molecular formula is C11H16N2. The van der Waals surface area contributed by atoms with E-state index >= 15 is 0 Å². The predicted molar refractivity (Wildman–Crippen MR) is 55.8 cm³/mol. The molecule has 2 rings (SSSR count). The molecule has 1 aliphatic heterocycles. The lowest BCUT2D eigenvalue weighted by molar-refractivity contribution is 0.550. The number of rotatable bonds is 1. The SMILES string of the molecule is CC(C)(N)c1cccc2c1CCN2. The van der Waals surface area contributed by atoms with E-state index in [0.29, 0.717) is 0 Å². The number of fused-ring (bicyclic) bond motifs is 1. The van der Waals surface area contributed by atoms with Crippen LogP contribution in [0.3, 0.4) is 0 Å². The number of hydrogen-bond acceptors (Lipinski definition) is 2. The maximum Gasteiger partial charge on any atom is 0.0376 e. The lowest BCUT2D eigenvalue weighted by atomic mass is 9.90. The van der Waals surface area contributed by atoms with Crippen LogP contribution in [0.25, 0.3) is 0 Å². The van der Waals surface area contributed by atoms with Gasteiger partial charge in [0.25, 0.3) is 0 Å². The Labute approximate surface area is 79.1 Å². The first kappa shape index (κ1) is 8.57. The van der Waals surface area contributed by atoms with Gasteiger partial charge in [0.05, 0.1) is 0 Å². The highest BCUT2D eigenvalue weighted by molar-refractivity contribution is 5.59. The van der Waals surface area contributed by atoms with Crippen LogP contribution in [0.1, 0.15) is 25.0 Å². The van der Waals surface area contributed by atoms with E-state index in [-0.39, 0.29) is 5.54 Å². The summed E-state index contributed by atoms with van der Waals surface area (Å²) >= 11 is 0. The average molecular weight is 176 g/mol. The zero-order valence-electron chi connectivity index (χ0n) is 8.22. The molecule has 0 fully saturated rings. The second-order valence-corrected chi connectivity index (χ2v) is 4.23. The van der Waals surface area contributed by atoms with Gasteiger partial charge in [-0.2, -0.15) is 0 Å². The number of nitrogens with two attached hydrogens (primary N) is 1. The second-order valence-electron chi connectivity index (χ2n) is 4.23. The normalized spacial score (nSPS) is 15.3. The Kier molecular flexibility index (Phi) is 1.81. The van der Waals surface area contributed by atoms with Crippen molar-refractivity contribution in [2.75, 3.05) is 11.9 Å². The van der Waals surface area contributed by atoms with Gasteiger partial charge in [-0.1, -0.05) is 12.1 Å². The molecule has 0 saturated carbocycles. The van der Waals surface area contributed by atoms with Crippen LogP contribution < -0.4 is 11.1 Å². The van der Waals surface area contributed by atoms with Crippen LogP contribution in [-0.2, 0) is 12.0 Å². The molecule has 2 heteroatoms. The summed E-state index contributed by atoms with van der Waals surface area (Å²) in [7, 11) is 0. The lowest BCUT2D eigenvalue weighted by Gasteiger charge is -2.22. The monoisotopic (exact) mass is 176 g/mol. The number of hydrogen-bond donors (Lipinski definition) is 2. The molecule has 1 aromatic carbocycles. The van der Waals surface area contributed by atoms with Gasteiger partial charge >= 0.3 is 0 Å². The minimum absolute atomic E-state index is 0.225. The Morgan fingerprint density at radius 1 is 1.38 bits per heavy atom. The molecule has 13 heavy (non-hydrogen) atoms. The first-order chi connectivity index (χ1) is 6.09. The molecule has 0 spiro atoms. The molecule has 3 N–H and O–H groups in total. The second kappa shape index (κ2) is 2.74. The van der Waals surface area contributed by atoms with E-state index in [2.05, 4.69) is 37.4 Å². The minimum Gasteiger partial charge on any atom is -0.384 e. The zero-order valence-corrected chi connectivity index (χ0v) is 8.22. The molecule has 1 aliphatic rings. The van der Waals surface area contributed by atoms with E-state index in [9.17, 15) is 0 Å². The molecule has 1 aromatic rings. The fourth-order valence-corrected chi connectivity index (χ4v) is 1.95. The molecule has 0 atom stereocenters. The van der Waals surface area contributed by atoms with Gasteiger partial charge < -0.3 is 11.1 Å². The van der Waals surface area contributed by atoms with Gasteiger partial charge in [0, 0.05) is 17.8 Å². The van der Waals surface area contributed by atoms with Gasteiger partial charge in [0.1, 0.15) is 0 Å². The fraction of sp³-hybridized carbons (Fsp3) is 0.455. The zero-order chi connectivity index (χ0) is 9.47. The van der Waals surface area contributed by atoms with Crippen molar-refractivity contribution in [3.8, 4) is 0 Å². The van der Waals surface area contributed by atoms with Crippen LogP contribution >= 0.6 is 0 Å². The predicted octanol–water partition coefficient (Wildman–Crippen LogP) is 1.85. The highest BCUT2D eigenvalue weighted by atomic mass is 14.9. The molecule has 1 heterocycles. The van der Waals surface area contributed by atoms with Gasteiger partial charge in [-0.3, -0.25) is 0 Å². The average Bonchev–Trinajstić information content (AvgIpc) is 2.48. The van der Waals surface area contributed by atoms with Crippen molar-refractivity contribution in [1.29, 1.82) is 0 Å². The molecule has 0 unspecified atom stereocenters. The molecule has 0 radical (unpaired) electrons. The van der Waals surface area contributed by atoms with Crippen molar-refractivity contribution in [3.63, 3.8) is 0 Å². The summed E-state index contributed by atoms with van der Waals surface area (Å²) in [6, 6.07) is 6.32. The standard InChI is InChI=1S/C11H16N2/c1-11(2,12)9-4-3-5-10-8(9)6-7-13-10/h3-5,13H,6-7,12H2,1-2H3. The van der Waals surface area contributed by atoms with E-state index in [1.807, 2.05) is 0 Å². The number of nitrogens with one attached hydrogen (secondary N) is 1. The molecule has 0 amide bonds. The summed E-state index contributed by atoms with van der Waals surface area (Å²) in [5.41, 5.74) is 9.81. The molecule has 0 bridgehead atoms. The smallest absolute Gasteiger partial charge is 0.0376 e. The topological polar surface area (TPSA) is 38.0 Å². The molecule has 0 aromatic heterocycles.